The van der Waals surface area contributed by atoms with Crippen LogP contribution in [0.1, 0.15) is 5.82 Å². The van der Waals surface area contributed by atoms with Gasteiger partial charge in [-0.2, -0.15) is 0 Å². The average Bonchev–Trinajstić information content (AvgIpc) is 3.04. The highest BCUT2D eigenvalue weighted by Crippen LogP contribution is 2.18. The second-order valence-electron chi connectivity index (χ2n) is 4.84. The van der Waals surface area contributed by atoms with Gasteiger partial charge in [-0.15, -0.1) is 0 Å². The number of aromatic nitrogens is 5. The van der Waals surface area contributed by atoms with Crippen molar-refractivity contribution in [2.24, 2.45) is 7.05 Å². The molecule has 3 aromatic rings. The van der Waals surface area contributed by atoms with Gasteiger partial charge < -0.3 is 9.30 Å². The Morgan fingerprint density at radius 1 is 1.12 bits per heavy atom. The van der Waals surface area contributed by atoms with Crippen LogP contribution in [0.4, 0.5) is 0 Å². The molecule has 0 radical (unpaired) electrons. The van der Waals surface area contributed by atoms with Crippen molar-refractivity contribution in [3.8, 4) is 11.4 Å². The lowest BCUT2D eigenvalue weighted by Crippen LogP contribution is -2.10. The number of carbonyl (C=O) groups excluding carboxylic acids is 1. The minimum atomic E-state index is -0.338. The number of hydrogen-bond donors (Lipinski definition) is 0. The van der Waals surface area contributed by atoms with E-state index in [1.165, 1.54) is 11.8 Å². The molecule has 0 amide bonds. The first kappa shape index (κ1) is 16.1. The van der Waals surface area contributed by atoms with Crippen LogP contribution >= 0.6 is 11.8 Å². The van der Waals surface area contributed by atoms with Crippen LogP contribution in [0.3, 0.4) is 0 Å². The molecule has 122 valence electrons. The summed E-state index contributed by atoms with van der Waals surface area (Å²) >= 11 is 1.23. The summed E-state index contributed by atoms with van der Waals surface area (Å²) in [6.07, 6.45) is 6.82. The van der Waals surface area contributed by atoms with Crippen molar-refractivity contribution >= 4 is 17.7 Å². The maximum atomic E-state index is 11.8. The van der Waals surface area contributed by atoms with Gasteiger partial charge in [0.1, 0.15) is 12.4 Å². The second kappa shape index (κ2) is 7.69. The minimum Gasteiger partial charge on any atom is -0.457 e. The van der Waals surface area contributed by atoms with E-state index in [9.17, 15) is 4.79 Å². The molecule has 0 atom stereocenters. The van der Waals surface area contributed by atoms with E-state index in [1.54, 1.807) is 35.4 Å². The first-order chi connectivity index (χ1) is 11.7. The Morgan fingerprint density at radius 3 is 2.79 bits per heavy atom. The Bertz CT molecular complexity index is 822. The highest BCUT2D eigenvalue weighted by molar-refractivity contribution is 7.99. The molecule has 0 saturated heterocycles. The normalized spacial score (nSPS) is 10.5. The van der Waals surface area contributed by atoms with Crippen LogP contribution in [0, 0.1) is 0 Å². The molecule has 0 bridgehead atoms. The molecule has 3 heterocycles. The number of hydrogen-bond acceptors (Lipinski definition) is 7. The molecule has 8 heteroatoms. The number of rotatable bonds is 6. The van der Waals surface area contributed by atoms with Crippen molar-refractivity contribution in [3.05, 3.63) is 54.9 Å². The number of carbonyl (C=O) groups is 1. The zero-order valence-electron chi connectivity index (χ0n) is 13.0. The fraction of sp³-hybridized carbons (Fsp3) is 0.188. The van der Waals surface area contributed by atoms with Gasteiger partial charge in [-0.1, -0.05) is 17.8 Å². The van der Waals surface area contributed by atoms with Crippen molar-refractivity contribution in [2.75, 3.05) is 5.75 Å². The summed E-state index contributed by atoms with van der Waals surface area (Å²) in [6.45, 7) is 0.151. The topological polar surface area (TPSA) is 82.8 Å². The zero-order valence-corrected chi connectivity index (χ0v) is 13.8. The van der Waals surface area contributed by atoms with Gasteiger partial charge in [0.05, 0.1) is 17.1 Å². The number of esters is 1. The van der Waals surface area contributed by atoms with Crippen LogP contribution < -0.4 is 0 Å². The summed E-state index contributed by atoms with van der Waals surface area (Å²) in [5, 5.41) is 0.507. The predicted octanol–water partition coefficient (Wildman–Crippen LogP) is 2.11. The van der Waals surface area contributed by atoms with E-state index in [2.05, 4.69) is 19.9 Å². The molecule has 3 rings (SSSR count). The zero-order chi connectivity index (χ0) is 16.8. The van der Waals surface area contributed by atoms with Crippen LogP contribution in [0.15, 0.2) is 54.2 Å². The Balaban J connectivity index is 1.55. The lowest BCUT2D eigenvalue weighted by molar-refractivity contribution is -0.141. The third-order valence-electron chi connectivity index (χ3n) is 3.16. The maximum absolute atomic E-state index is 11.8. The van der Waals surface area contributed by atoms with Crippen molar-refractivity contribution in [1.82, 2.24) is 24.5 Å². The molecule has 3 aromatic heterocycles. The summed E-state index contributed by atoms with van der Waals surface area (Å²) < 4.78 is 7.00. The highest BCUT2D eigenvalue weighted by atomic mass is 32.2. The van der Waals surface area contributed by atoms with E-state index in [4.69, 9.17) is 4.74 Å². The molecule has 0 saturated carbocycles. The molecule has 0 aliphatic carbocycles. The van der Waals surface area contributed by atoms with Gasteiger partial charge in [-0.3, -0.25) is 9.78 Å². The smallest absolute Gasteiger partial charge is 0.316 e. The van der Waals surface area contributed by atoms with Gasteiger partial charge in [0.2, 0.25) is 0 Å². The monoisotopic (exact) mass is 341 g/mol. The van der Waals surface area contributed by atoms with E-state index in [0.717, 1.165) is 11.4 Å². The minimum absolute atomic E-state index is 0.135. The van der Waals surface area contributed by atoms with Crippen molar-refractivity contribution < 1.29 is 9.53 Å². The van der Waals surface area contributed by atoms with Crippen LogP contribution in [0.5, 0.6) is 0 Å². The first-order valence-corrected chi connectivity index (χ1v) is 8.20. The van der Waals surface area contributed by atoms with Gasteiger partial charge in [-0.05, 0) is 18.2 Å². The number of aryl methyl sites for hydroxylation is 1. The summed E-state index contributed by atoms with van der Waals surface area (Å²) in [6, 6.07) is 7.40. The Hall–Kier alpha value is -2.74. The average molecular weight is 341 g/mol. The Kier molecular flexibility index (Phi) is 5.17. The molecular formula is C16H15N5O2S. The van der Waals surface area contributed by atoms with E-state index < -0.39 is 0 Å². The van der Waals surface area contributed by atoms with Crippen molar-refractivity contribution in [2.45, 2.75) is 11.8 Å². The molecule has 24 heavy (non-hydrogen) atoms. The standard InChI is InChI=1S/C16H15N5O2S/c1-21-9-8-18-14(21)10-23-15(22)11-24-16-19-7-5-13(20-16)12-4-2-3-6-17-12/h2-9H,10-11H2,1H3. The SMILES string of the molecule is Cn1ccnc1COC(=O)CSc1nccc(-c2ccccn2)n1. The molecule has 0 N–H and O–H groups in total. The molecule has 0 aromatic carbocycles. The number of ether oxygens (including phenoxy) is 1. The molecule has 0 fully saturated rings. The lowest BCUT2D eigenvalue weighted by atomic mass is 10.3. The van der Waals surface area contributed by atoms with Crippen LogP contribution in [0.2, 0.25) is 0 Å². The molecule has 0 spiro atoms. The Labute approximate surface area is 143 Å². The number of imidazole rings is 1. The highest BCUT2D eigenvalue weighted by Gasteiger charge is 2.09. The number of pyridine rings is 1. The van der Waals surface area contributed by atoms with E-state index in [0.29, 0.717) is 11.0 Å². The Morgan fingerprint density at radius 2 is 2.04 bits per heavy atom. The molecule has 0 aliphatic heterocycles. The van der Waals surface area contributed by atoms with E-state index in [1.807, 2.05) is 25.2 Å². The third-order valence-corrected chi connectivity index (χ3v) is 4.00. The van der Waals surface area contributed by atoms with Gasteiger partial charge in [0, 0.05) is 31.8 Å². The molecule has 7 nitrogen and oxygen atoms in total. The number of nitrogens with zero attached hydrogens (tertiary/aromatic N) is 5. The summed E-state index contributed by atoms with van der Waals surface area (Å²) in [4.78, 5) is 28.7. The largest absolute Gasteiger partial charge is 0.457 e. The maximum Gasteiger partial charge on any atom is 0.316 e. The fourth-order valence-corrected chi connectivity index (χ4v) is 2.54. The molecule has 0 aliphatic rings. The lowest BCUT2D eigenvalue weighted by Gasteiger charge is -2.05. The summed E-state index contributed by atoms with van der Waals surface area (Å²) in [7, 11) is 1.85. The number of thioether (sulfide) groups is 1. The van der Waals surface area contributed by atoms with E-state index in [-0.39, 0.29) is 18.3 Å². The van der Waals surface area contributed by atoms with Crippen molar-refractivity contribution in [3.63, 3.8) is 0 Å². The fourth-order valence-electron chi connectivity index (χ4n) is 1.91. The summed E-state index contributed by atoms with van der Waals surface area (Å²) in [5.41, 5.74) is 1.48. The van der Waals surface area contributed by atoms with Gasteiger partial charge in [-0.25, -0.2) is 15.0 Å². The van der Waals surface area contributed by atoms with Gasteiger partial charge >= 0.3 is 5.97 Å². The second-order valence-corrected chi connectivity index (χ2v) is 5.79. The molecular weight excluding hydrogens is 326 g/mol. The summed E-state index contributed by atoms with van der Waals surface area (Å²) in [5.74, 6) is 0.493. The molecule has 0 unspecified atom stereocenters. The van der Waals surface area contributed by atoms with Crippen molar-refractivity contribution in [1.29, 1.82) is 0 Å². The van der Waals surface area contributed by atoms with Gasteiger partial charge in [0.15, 0.2) is 5.16 Å². The predicted molar refractivity (Wildman–Crippen MR) is 89.0 cm³/mol. The van der Waals surface area contributed by atoms with Crippen LogP contribution in [-0.2, 0) is 23.2 Å². The third kappa shape index (κ3) is 4.17. The van der Waals surface area contributed by atoms with Crippen LogP contribution in [0.25, 0.3) is 11.4 Å². The van der Waals surface area contributed by atoms with Crippen LogP contribution in [-0.4, -0.2) is 36.2 Å². The first-order valence-electron chi connectivity index (χ1n) is 7.21. The van der Waals surface area contributed by atoms with E-state index >= 15 is 0 Å². The quantitative estimate of drug-likeness (QED) is 0.386. The van der Waals surface area contributed by atoms with Gasteiger partial charge in [0.25, 0.3) is 0 Å².